The fourth-order valence-corrected chi connectivity index (χ4v) is 4.36. The van der Waals surface area contributed by atoms with Crippen molar-refractivity contribution in [3.63, 3.8) is 0 Å². The van der Waals surface area contributed by atoms with Crippen LogP contribution in [0.5, 0.6) is 0 Å². The van der Waals surface area contributed by atoms with Gasteiger partial charge < -0.3 is 14.2 Å². The van der Waals surface area contributed by atoms with Crippen LogP contribution in [0.25, 0.3) is 21.9 Å². The van der Waals surface area contributed by atoms with Crippen molar-refractivity contribution in [1.82, 2.24) is 15.8 Å². The topological polar surface area (TPSA) is 87.7 Å². The summed E-state index contributed by atoms with van der Waals surface area (Å²) in [4.78, 5) is 25.0. The van der Waals surface area contributed by atoms with Crippen LogP contribution < -0.4 is 10.7 Å². The smallest absolute Gasteiger partial charge is 0.301 e. The molecule has 2 aromatic carbocycles. The lowest BCUT2D eigenvalue weighted by Crippen LogP contribution is -2.47. The molecular weight excluding hydrogens is 465 g/mol. The molecule has 0 bridgehead atoms. The van der Waals surface area contributed by atoms with Gasteiger partial charge in [0, 0.05) is 46.5 Å². The SMILES string of the molecule is O=C(NCC1CCN(NC(=O)c2cc3ccc(Cl)cc3o2)CC1)c1cc2cc(Cl)ccc2o1. The monoisotopic (exact) mass is 485 g/mol. The zero-order valence-electron chi connectivity index (χ0n) is 17.6. The maximum Gasteiger partial charge on any atom is 0.301 e. The molecular formula is C24H21Cl2N3O4. The normalized spacial score (nSPS) is 15.2. The zero-order valence-corrected chi connectivity index (χ0v) is 19.1. The quantitative estimate of drug-likeness (QED) is 0.401. The van der Waals surface area contributed by atoms with E-state index in [1.165, 1.54) is 0 Å². The second-order valence-electron chi connectivity index (χ2n) is 8.17. The predicted octanol–water partition coefficient (Wildman–Crippen LogP) is 5.27. The van der Waals surface area contributed by atoms with E-state index in [1.807, 2.05) is 11.1 Å². The summed E-state index contributed by atoms with van der Waals surface area (Å²) >= 11 is 12.0. The van der Waals surface area contributed by atoms with Crippen molar-refractivity contribution in [3.8, 4) is 0 Å². The molecule has 1 aliphatic rings. The number of fused-ring (bicyclic) bond motifs is 2. The summed E-state index contributed by atoms with van der Waals surface area (Å²) < 4.78 is 11.2. The Labute approximate surface area is 199 Å². The van der Waals surface area contributed by atoms with Crippen LogP contribution in [0.1, 0.15) is 34.0 Å². The molecule has 0 saturated carbocycles. The highest BCUT2D eigenvalue weighted by Gasteiger charge is 2.23. The van der Waals surface area contributed by atoms with E-state index >= 15 is 0 Å². The second-order valence-corrected chi connectivity index (χ2v) is 9.04. The number of carbonyl (C=O) groups is 2. The summed E-state index contributed by atoms with van der Waals surface area (Å²) in [5, 5.41) is 7.60. The zero-order chi connectivity index (χ0) is 22.9. The van der Waals surface area contributed by atoms with E-state index in [1.54, 1.807) is 42.5 Å². The van der Waals surface area contributed by atoms with Crippen LogP contribution >= 0.6 is 23.2 Å². The van der Waals surface area contributed by atoms with Gasteiger partial charge in [0.15, 0.2) is 11.5 Å². The number of furan rings is 2. The number of nitrogens with one attached hydrogen (secondary N) is 2. The van der Waals surface area contributed by atoms with Gasteiger partial charge in [-0.15, -0.1) is 0 Å². The van der Waals surface area contributed by atoms with Crippen molar-refractivity contribution < 1.29 is 18.4 Å². The van der Waals surface area contributed by atoms with Gasteiger partial charge in [-0.25, -0.2) is 5.01 Å². The Bertz CT molecular complexity index is 1340. The van der Waals surface area contributed by atoms with Crippen molar-refractivity contribution in [3.05, 3.63) is 70.1 Å². The van der Waals surface area contributed by atoms with Gasteiger partial charge in [-0.05, 0) is 61.2 Å². The van der Waals surface area contributed by atoms with E-state index in [0.717, 1.165) is 23.6 Å². The minimum absolute atomic E-state index is 0.244. The lowest BCUT2D eigenvalue weighted by molar-refractivity contribution is 0.0673. The minimum atomic E-state index is -0.293. The van der Waals surface area contributed by atoms with Gasteiger partial charge in [-0.2, -0.15) is 0 Å². The first-order valence-corrected chi connectivity index (χ1v) is 11.4. The molecule has 4 aromatic rings. The van der Waals surface area contributed by atoms with Crippen LogP contribution in [0.3, 0.4) is 0 Å². The molecule has 0 aliphatic carbocycles. The molecule has 33 heavy (non-hydrogen) atoms. The highest BCUT2D eigenvalue weighted by molar-refractivity contribution is 6.31. The van der Waals surface area contributed by atoms with Gasteiger partial charge in [0.05, 0.1) is 0 Å². The summed E-state index contributed by atoms with van der Waals surface area (Å²) in [6, 6.07) is 13.9. The summed E-state index contributed by atoms with van der Waals surface area (Å²) in [6.07, 6.45) is 1.68. The van der Waals surface area contributed by atoms with Crippen molar-refractivity contribution in [2.24, 2.45) is 5.92 Å². The number of piperidine rings is 1. The minimum Gasteiger partial charge on any atom is -0.451 e. The number of hydrogen-bond acceptors (Lipinski definition) is 5. The number of rotatable bonds is 5. The molecule has 3 heterocycles. The standard InChI is InChI=1S/C24H21Cl2N3O4/c25-17-3-4-19-16(9-17)11-21(32-19)23(30)27-13-14-5-7-29(8-6-14)28-24(31)22-10-15-1-2-18(26)12-20(15)33-22/h1-4,9-12,14H,5-8,13H2,(H,27,30)(H,28,31). The van der Waals surface area contributed by atoms with Crippen LogP contribution in [0.2, 0.25) is 10.0 Å². The largest absolute Gasteiger partial charge is 0.451 e. The van der Waals surface area contributed by atoms with Gasteiger partial charge >= 0.3 is 5.91 Å². The fourth-order valence-electron chi connectivity index (χ4n) is 4.01. The van der Waals surface area contributed by atoms with Crippen molar-refractivity contribution >= 4 is 57.0 Å². The van der Waals surface area contributed by atoms with E-state index in [2.05, 4.69) is 10.7 Å². The molecule has 0 radical (unpaired) electrons. The molecule has 2 aromatic heterocycles. The number of amides is 2. The summed E-state index contributed by atoms with van der Waals surface area (Å²) in [5.74, 6) is 0.286. The van der Waals surface area contributed by atoms with E-state index in [4.69, 9.17) is 32.0 Å². The Morgan fingerprint density at radius 2 is 1.52 bits per heavy atom. The average Bonchev–Trinajstić information content (AvgIpc) is 3.42. The van der Waals surface area contributed by atoms with Crippen LogP contribution in [0, 0.1) is 5.92 Å². The summed E-state index contributed by atoms with van der Waals surface area (Å²) in [6.45, 7) is 1.91. The molecule has 9 heteroatoms. The highest BCUT2D eigenvalue weighted by atomic mass is 35.5. The van der Waals surface area contributed by atoms with Crippen molar-refractivity contribution in [1.29, 1.82) is 0 Å². The molecule has 0 atom stereocenters. The van der Waals surface area contributed by atoms with E-state index in [9.17, 15) is 9.59 Å². The molecule has 0 unspecified atom stereocenters. The lowest BCUT2D eigenvalue weighted by Gasteiger charge is -2.31. The number of hydrazine groups is 1. The molecule has 1 saturated heterocycles. The Morgan fingerprint density at radius 1 is 0.848 bits per heavy atom. The van der Waals surface area contributed by atoms with Crippen molar-refractivity contribution in [2.75, 3.05) is 19.6 Å². The number of benzene rings is 2. The third-order valence-electron chi connectivity index (χ3n) is 5.83. The van der Waals surface area contributed by atoms with Gasteiger partial charge in [0.1, 0.15) is 11.2 Å². The average molecular weight is 486 g/mol. The third-order valence-corrected chi connectivity index (χ3v) is 6.30. The number of carbonyl (C=O) groups excluding carboxylic acids is 2. The number of nitrogens with zero attached hydrogens (tertiary/aromatic N) is 1. The first-order chi connectivity index (χ1) is 15.9. The van der Waals surface area contributed by atoms with Crippen LogP contribution in [0.4, 0.5) is 0 Å². The Kier molecular flexibility index (Phi) is 6.01. The maximum absolute atomic E-state index is 12.6. The van der Waals surface area contributed by atoms with Gasteiger partial charge in [0.2, 0.25) is 0 Å². The number of hydrogen-bond donors (Lipinski definition) is 2. The first-order valence-electron chi connectivity index (χ1n) is 10.7. The molecule has 170 valence electrons. The summed E-state index contributed by atoms with van der Waals surface area (Å²) in [7, 11) is 0. The van der Waals surface area contributed by atoms with Crippen molar-refractivity contribution in [2.45, 2.75) is 12.8 Å². The van der Waals surface area contributed by atoms with Crippen LogP contribution in [-0.2, 0) is 0 Å². The van der Waals surface area contributed by atoms with E-state index in [-0.39, 0.29) is 23.3 Å². The highest BCUT2D eigenvalue weighted by Crippen LogP contribution is 2.24. The molecule has 0 spiro atoms. The van der Waals surface area contributed by atoms with Crippen LogP contribution in [-0.4, -0.2) is 36.5 Å². The van der Waals surface area contributed by atoms with E-state index < -0.39 is 0 Å². The first kappa shape index (κ1) is 21.8. The number of halogens is 2. The molecule has 2 N–H and O–H groups in total. The fraction of sp³-hybridized carbons (Fsp3) is 0.250. The lowest BCUT2D eigenvalue weighted by atomic mass is 9.97. The Balaban J connectivity index is 1.10. The van der Waals surface area contributed by atoms with Gasteiger partial charge in [-0.3, -0.25) is 15.0 Å². The molecule has 1 aliphatic heterocycles. The summed E-state index contributed by atoms with van der Waals surface area (Å²) in [5.41, 5.74) is 4.10. The molecule has 7 nitrogen and oxygen atoms in total. The van der Waals surface area contributed by atoms with Gasteiger partial charge in [0.25, 0.3) is 5.91 Å². The predicted molar refractivity (Wildman–Crippen MR) is 127 cm³/mol. The van der Waals surface area contributed by atoms with E-state index in [0.29, 0.717) is 46.8 Å². The van der Waals surface area contributed by atoms with Crippen LogP contribution in [0.15, 0.2) is 57.4 Å². The Hall–Kier alpha value is -3.00. The molecule has 2 amide bonds. The van der Waals surface area contributed by atoms with Gasteiger partial charge in [-0.1, -0.05) is 23.2 Å². The second kappa shape index (κ2) is 9.09. The molecule has 5 rings (SSSR count). The molecule has 1 fully saturated rings. The Morgan fingerprint density at radius 3 is 2.33 bits per heavy atom. The third kappa shape index (κ3) is 4.85. The maximum atomic E-state index is 12.6.